The molecule has 3 aliphatic heterocycles. The van der Waals surface area contributed by atoms with Gasteiger partial charge >= 0.3 is 0 Å². The number of amides is 1. The minimum atomic E-state index is -0.125. The van der Waals surface area contributed by atoms with Crippen molar-refractivity contribution >= 4 is 38.8 Å². The molecule has 2 unspecified atom stereocenters. The topological polar surface area (TPSA) is 83.3 Å². The van der Waals surface area contributed by atoms with E-state index in [1.54, 1.807) is 0 Å². The van der Waals surface area contributed by atoms with Gasteiger partial charge < -0.3 is 21.3 Å². The average molecular weight is 408 g/mol. The summed E-state index contributed by atoms with van der Waals surface area (Å²) < 4.78 is 0. The summed E-state index contributed by atoms with van der Waals surface area (Å²) in [4.78, 5) is 20.9. The highest BCUT2D eigenvalue weighted by Gasteiger charge is 2.36. The fraction of sp³-hybridized carbons (Fsp3) is 0.364. The quantitative estimate of drug-likeness (QED) is 0.606. The number of aryl methyl sites for hydroxylation is 1. The molecule has 2 atom stereocenters. The number of carbonyl (C=O) groups is 1. The Morgan fingerprint density at radius 3 is 2.69 bits per heavy atom. The van der Waals surface area contributed by atoms with Crippen LogP contribution in [-0.4, -0.2) is 42.6 Å². The number of piperazine rings is 1. The molecule has 3 fully saturated rings. The van der Waals surface area contributed by atoms with Crippen LogP contribution in [0.1, 0.15) is 27.3 Å². The molecule has 3 saturated heterocycles. The molecule has 3 aliphatic rings. The predicted molar refractivity (Wildman–Crippen MR) is 119 cm³/mol. The fourth-order valence-electron chi connectivity index (χ4n) is 4.26. The largest absolute Gasteiger partial charge is 0.397 e. The molecule has 2 aromatic heterocycles. The number of aromatic nitrogens is 1. The van der Waals surface area contributed by atoms with Crippen molar-refractivity contribution in [1.82, 2.24) is 15.6 Å². The van der Waals surface area contributed by atoms with Gasteiger partial charge in [-0.25, -0.2) is 4.98 Å². The Hall–Kier alpha value is -2.64. The van der Waals surface area contributed by atoms with E-state index in [2.05, 4.69) is 44.8 Å². The number of nitrogen functional groups attached to an aromatic ring is 1. The van der Waals surface area contributed by atoms with Crippen LogP contribution in [0.2, 0.25) is 0 Å². The number of rotatable bonds is 5. The number of thiophene rings is 1. The van der Waals surface area contributed by atoms with E-state index in [1.807, 2.05) is 19.1 Å². The minimum Gasteiger partial charge on any atom is -0.397 e. The molecule has 7 heteroatoms. The van der Waals surface area contributed by atoms with E-state index in [0.29, 0.717) is 29.2 Å². The lowest BCUT2D eigenvalue weighted by Crippen LogP contribution is -2.67. The van der Waals surface area contributed by atoms with Crippen LogP contribution in [0.25, 0.3) is 10.2 Å². The first-order chi connectivity index (χ1) is 14.1. The molecule has 0 radical (unpaired) electrons. The molecule has 4 N–H and O–H groups in total. The number of carbonyl (C=O) groups excluding carboxylic acids is 1. The number of anilines is 2. The molecule has 3 aromatic rings. The molecular weight excluding hydrogens is 382 g/mol. The smallest absolute Gasteiger partial charge is 0.263 e. The number of hydrogen-bond acceptors (Lipinski definition) is 6. The highest BCUT2D eigenvalue weighted by Crippen LogP contribution is 2.32. The number of nitrogens with one attached hydrogen (secondary N) is 2. The van der Waals surface area contributed by atoms with E-state index in [9.17, 15) is 4.79 Å². The van der Waals surface area contributed by atoms with Crippen molar-refractivity contribution in [2.24, 2.45) is 0 Å². The number of benzene rings is 1. The van der Waals surface area contributed by atoms with Crippen LogP contribution < -0.4 is 21.3 Å². The number of nitrogens with zero attached hydrogens (tertiary/aromatic N) is 2. The van der Waals surface area contributed by atoms with E-state index in [1.165, 1.54) is 29.0 Å². The molecule has 0 aliphatic carbocycles. The standard InChI is InChI=1S/C22H25N5OS/c1-13-2-7-18-19(23)20(29-22(18)25-13)21(28)24-9-8-14-3-5-17(6-4-14)27-11-15-10-16(12-27)26-15/h2-7,15-16,26H,8-12,23H2,1H3,(H,24,28). The van der Waals surface area contributed by atoms with Crippen molar-refractivity contribution in [3.8, 4) is 0 Å². The van der Waals surface area contributed by atoms with Gasteiger partial charge in [0.15, 0.2) is 0 Å². The second kappa shape index (κ2) is 7.31. The van der Waals surface area contributed by atoms with Crippen molar-refractivity contribution in [3.63, 3.8) is 0 Å². The molecule has 29 heavy (non-hydrogen) atoms. The molecule has 0 saturated carbocycles. The van der Waals surface area contributed by atoms with Gasteiger partial charge in [-0.3, -0.25) is 4.79 Å². The summed E-state index contributed by atoms with van der Waals surface area (Å²) in [5.74, 6) is -0.125. The van der Waals surface area contributed by atoms with E-state index in [4.69, 9.17) is 5.73 Å². The zero-order valence-electron chi connectivity index (χ0n) is 16.4. The lowest BCUT2D eigenvalue weighted by atomic mass is 9.91. The molecular formula is C22H25N5OS. The van der Waals surface area contributed by atoms with Crippen LogP contribution in [0, 0.1) is 6.92 Å². The number of piperidine rings is 1. The monoisotopic (exact) mass is 407 g/mol. The summed E-state index contributed by atoms with van der Waals surface area (Å²) in [7, 11) is 0. The van der Waals surface area contributed by atoms with Gasteiger partial charge in [0.25, 0.3) is 5.91 Å². The summed E-state index contributed by atoms with van der Waals surface area (Å²) >= 11 is 1.36. The lowest BCUT2D eigenvalue weighted by molar-refractivity contribution is 0.0959. The Bertz CT molecular complexity index is 1040. The molecule has 1 aromatic carbocycles. The summed E-state index contributed by atoms with van der Waals surface area (Å²) in [5.41, 5.74) is 10.1. The van der Waals surface area contributed by atoms with Crippen molar-refractivity contribution in [2.45, 2.75) is 31.8 Å². The predicted octanol–water partition coefficient (Wildman–Crippen LogP) is 2.71. The highest BCUT2D eigenvalue weighted by molar-refractivity contribution is 7.21. The SMILES string of the molecule is Cc1ccc2c(N)c(C(=O)NCCc3ccc(N4CC5CC(C4)N5)cc3)sc2n1. The Morgan fingerprint density at radius 2 is 1.97 bits per heavy atom. The molecule has 5 heterocycles. The Balaban J connectivity index is 1.18. The van der Waals surface area contributed by atoms with Gasteiger partial charge in [0.2, 0.25) is 0 Å². The third kappa shape index (κ3) is 3.56. The van der Waals surface area contributed by atoms with Gasteiger partial charge in [0.1, 0.15) is 9.71 Å². The Labute approximate surface area is 174 Å². The van der Waals surface area contributed by atoms with Crippen molar-refractivity contribution in [2.75, 3.05) is 30.3 Å². The van der Waals surface area contributed by atoms with Gasteiger partial charge in [-0.05, 0) is 49.6 Å². The molecule has 1 amide bonds. The summed E-state index contributed by atoms with van der Waals surface area (Å²) in [6, 6.07) is 13.9. The minimum absolute atomic E-state index is 0.125. The second-order valence-corrected chi connectivity index (χ2v) is 9.02. The first-order valence-corrected chi connectivity index (χ1v) is 10.9. The Morgan fingerprint density at radius 1 is 1.24 bits per heavy atom. The number of hydrogen-bond donors (Lipinski definition) is 3. The van der Waals surface area contributed by atoms with Crippen LogP contribution in [0.5, 0.6) is 0 Å². The molecule has 150 valence electrons. The van der Waals surface area contributed by atoms with Crippen LogP contribution in [0.4, 0.5) is 11.4 Å². The maximum absolute atomic E-state index is 12.6. The van der Waals surface area contributed by atoms with Crippen LogP contribution in [0.15, 0.2) is 36.4 Å². The third-order valence-electron chi connectivity index (χ3n) is 5.86. The van der Waals surface area contributed by atoms with E-state index >= 15 is 0 Å². The number of fused-ring (bicyclic) bond motifs is 3. The first-order valence-electron chi connectivity index (χ1n) is 10.1. The zero-order chi connectivity index (χ0) is 20.0. The van der Waals surface area contributed by atoms with Gasteiger partial charge in [0.05, 0.1) is 5.69 Å². The number of pyridine rings is 1. The molecule has 6 rings (SSSR count). The second-order valence-electron chi connectivity index (χ2n) is 8.02. The van der Waals surface area contributed by atoms with Gasteiger partial charge in [-0.15, -0.1) is 11.3 Å². The van der Waals surface area contributed by atoms with Crippen molar-refractivity contribution < 1.29 is 4.79 Å². The normalized spacial score (nSPS) is 20.5. The van der Waals surface area contributed by atoms with Gasteiger partial charge in [-0.2, -0.15) is 0 Å². The van der Waals surface area contributed by atoms with Crippen LogP contribution in [-0.2, 0) is 6.42 Å². The van der Waals surface area contributed by atoms with Crippen LogP contribution >= 0.6 is 11.3 Å². The summed E-state index contributed by atoms with van der Waals surface area (Å²) in [6.45, 7) is 4.70. The van der Waals surface area contributed by atoms with Crippen molar-refractivity contribution in [1.29, 1.82) is 0 Å². The maximum atomic E-state index is 12.6. The molecule has 2 bridgehead atoms. The Kier molecular flexibility index (Phi) is 4.64. The highest BCUT2D eigenvalue weighted by atomic mass is 32.1. The lowest BCUT2D eigenvalue weighted by Gasteiger charge is -2.49. The van der Waals surface area contributed by atoms with Crippen LogP contribution in [0.3, 0.4) is 0 Å². The number of nitrogens with two attached hydrogens (primary N) is 1. The summed E-state index contributed by atoms with van der Waals surface area (Å²) in [5, 5.41) is 7.42. The van der Waals surface area contributed by atoms with E-state index in [0.717, 1.165) is 35.4 Å². The maximum Gasteiger partial charge on any atom is 0.263 e. The first kappa shape index (κ1) is 18.4. The van der Waals surface area contributed by atoms with Crippen molar-refractivity contribution in [3.05, 3.63) is 52.5 Å². The van der Waals surface area contributed by atoms with E-state index in [-0.39, 0.29) is 5.91 Å². The van der Waals surface area contributed by atoms with E-state index < -0.39 is 0 Å². The molecule has 6 nitrogen and oxygen atoms in total. The fourth-order valence-corrected chi connectivity index (χ4v) is 5.31. The molecule has 0 spiro atoms. The third-order valence-corrected chi connectivity index (χ3v) is 6.98. The average Bonchev–Trinajstić information content (AvgIpc) is 3.04. The summed E-state index contributed by atoms with van der Waals surface area (Å²) in [6.07, 6.45) is 2.11. The van der Waals surface area contributed by atoms with Gasteiger partial charge in [-0.1, -0.05) is 12.1 Å². The van der Waals surface area contributed by atoms with Gasteiger partial charge in [0, 0.05) is 48.5 Å². The zero-order valence-corrected chi connectivity index (χ0v) is 17.3.